The summed E-state index contributed by atoms with van der Waals surface area (Å²) >= 11 is 7.12. The normalized spacial score (nSPS) is 11.2. The summed E-state index contributed by atoms with van der Waals surface area (Å²) in [5, 5.41) is 0. The Labute approximate surface area is 134 Å². The molecule has 1 aromatic carbocycles. The Kier molecular flexibility index (Phi) is 3.34. The van der Waals surface area contributed by atoms with Crippen LogP contribution in [0.3, 0.4) is 0 Å². The first kappa shape index (κ1) is 13.6. The number of imidazole rings is 1. The third-order valence-electron chi connectivity index (χ3n) is 3.38. The highest BCUT2D eigenvalue weighted by atomic mass is 79.9. The summed E-state index contributed by atoms with van der Waals surface area (Å²) in [6.07, 6.45) is 0. The molecule has 0 aliphatic rings. The van der Waals surface area contributed by atoms with E-state index in [2.05, 4.69) is 55.9 Å². The second-order valence-corrected chi connectivity index (χ2v) is 6.50. The first-order chi connectivity index (χ1) is 9.49. The van der Waals surface area contributed by atoms with Crippen molar-refractivity contribution in [2.24, 2.45) is 0 Å². The van der Waals surface area contributed by atoms with Crippen LogP contribution >= 0.6 is 31.9 Å². The number of fused-ring (bicyclic) bond motifs is 1. The molecule has 0 saturated carbocycles. The molecule has 2 aromatic heterocycles. The Balaban J connectivity index is 2.32. The number of nitrogens with zero attached hydrogens (tertiary/aromatic N) is 2. The van der Waals surface area contributed by atoms with Gasteiger partial charge in [-0.15, -0.1) is 0 Å². The average Bonchev–Trinajstić information content (AvgIpc) is 2.72. The molecule has 20 heavy (non-hydrogen) atoms. The summed E-state index contributed by atoms with van der Waals surface area (Å²) in [4.78, 5) is 4.66. The van der Waals surface area contributed by atoms with Crippen molar-refractivity contribution >= 4 is 43.3 Å². The van der Waals surface area contributed by atoms with E-state index in [0.717, 1.165) is 31.5 Å². The summed E-state index contributed by atoms with van der Waals surface area (Å²) in [5.41, 5.74) is 11.2. The number of nitrogen functional groups attached to an aromatic ring is 1. The van der Waals surface area contributed by atoms with Crippen LogP contribution in [0.25, 0.3) is 16.9 Å². The number of halogens is 2. The molecular weight excluding hydrogens is 382 g/mol. The minimum Gasteiger partial charge on any atom is -0.383 e. The molecule has 2 N–H and O–H groups in total. The summed E-state index contributed by atoms with van der Waals surface area (Å²) in [7, 11) is 0. The Morgan fingerprint density at radius 2 is 1.80 bits per heavy atom. The molecule has 0 fully saturated rings. The minimum absolute atomic E-state index is 0.656. The fourth-order valence-corrected chi connectivity index (χ4v) is 3.29. The molecule has 3 aromatic rings. The lowest BCUT2D eigenvalue weighted by atomic mass is 10.1. The molecule has 0 unspecified atom stereocenters. The lowest BCUT2D eigenvalue weighted by molar-refractivity contribution is 1.09. The predicted molar refractivity (Wildman–Crippen MR) is 89.9 cm³/mol. The fourth-order valence-electron chi connectivity index (χ4n) is 2.30. The summed E-state index contributed by atoms with van der Waals surface area (Å²) in [6, 6.07) is 10.1. The molecule has 0 amide bonds. The first-order valence-corrected chi connectivity index (χ1v) is 7.77. The van der Waals surface area contributed by atoms with E-state index in [0.29, 0.717) is 5.82 Å². The van der Waals surface area contributed by atoms with Gasteiger partial charge in [0.05, 0.1) is 0 Å². The van der Waals surface area contributed by atoms with Crippen molar-refractivity contribution in [3.05, 3.63) is 50.5 Å². The number of aryl methyl sites for hydroxylation is 2. The third kappa shape index (κ3) is 2.05. The summed E-state index contributed by atoms with van der Waals surface area (Å²) in [5.74, 6) is 0.656. The predicted octanol–water partition coefficient (Wildman–Crippen LogP) is 4.73. The molecule has 3 rings (SSSR count). The Morgan fingerprint density at radius 1 is 1.05 bits per heavy atom. The molecule has 2 heterocycles. The first-order valence-electron chi connectivity index (χ1n) is 6.18. The van der Waals surface area contributed by atoms with Crippen molar-refractivity contribution in [1.29, 1.82) is 0 Å². The number of benzene rings is 1. The number of aromatic nitrogens is 2. The average molecular weight is 395 g/mol. The third-order valence-corrected chi connectivity index (χ3v) is 4.87. The zero-order valence-corrected chi connectivity index (χ0v) is 14.3. The Morgan fingerprint density at radius 3 is 2.50 bits per heavy atom. The highest BCUT2D eigenvalue weighted by Crippen LogP contribution is 2.34. The fraction of sp³-hybridized carbons (Fsp3) is 0.133. The molecule has 3 nitrogen and oxygen atoms in total. The number of nitrogens with two attached hydrogens (primary N) is 1. The van der Waals surface area contributed by atoms with Crippen LogP contribution in [-0.4, -0.2) is 9.38 Å². The van der Waals surface area contributed by atoms with Crippen LogP contribution < -0.4 is 5.73 Å². The van der Waals surface area contributed by atoms with Gasteiger partial charge in [-0.25, -0.2) is 4.98 Å². The monoisotopic (exact) mass is 393 g/mol. The molecular formula is C15H13Br2N3. The van der Waals surface area contributed by atoms with Crippen LogP contribution in [0.15, 0.2) is 39.3 Å². The van der Waals surface area contributed by atoms with Crippen LogP contribution in [0.2, 0.25) is 0 Å². The van der Waals surface area contributed by atoms with Crippen molar-refractivity contribution in [1.82, 2.24) is 9.38 Å². The molecule has 0 atom stereocenters. The molecule has 0 aliphatic heterocycles. The van der Waals surface area contributed by atoms with Gasteiger partial charge in [-0.1, -0.05) is 28.1 Å². The largest absolute Gasteiger partial charge is 0.383 e. The van der Waals surface area contributed by atoms with Gasteiger partial charge in [0.1, 0.15) is 17.2 Å². The van der Waals surface area contributed by atoms with Gasteiger partial charge in [0.25, 0.3) is 0 Å². The molecule has 0 aliphatic carbocycles. The van der Waals surface area contributed by atoms with Crippen LogP contribution in [0, 0.1) is 13.8 Å². The zero-order chi connectivity index (χ0) is 14.4. The number of hydrogen-bond donors (Lipinski definition) is 1. The van der Waals surface area contributed by atoms with Crippen molar-refractivity contribution in [2.45, 2.75) is 13.8 Å². The Hall–Kier alpha value is -1.33. The molecule has 0 spiro atoms. The number of pyridine rings is 1. The molecule has 0 radical (unpaired) electrons. The van der Waals surface area contributed by atoms with Crippen LogP contribution in [0.4, 0.5) is 5.82 Å². The number of hydrogen-bond acceptors (Lipinski definition) is 2. The van der Waals surface area contributed by atoms with Crippen molar-refractivity contribution < 1.29 is 0 Å². The lowest BCUT2D eigenvalue weighted by Crippen LogP contribution is -1.98. The van der Waals surface area contributed by atoms with Crippen LogP contribution in [0.1, 0.15) is 11.3 Å². The molecule has 0 bridgehead atoms. The SMILES string of the molecule is Cc1ccc(-c2nc3ccc(Br)c(C)n3c2N)c(Br)c1. The number of rotatable bonds is 1. The highest BCUT2D eigenvalue weighted by molar-refractivity contribution is 9.10. The second kappa shape index (κ2) is 4.90. The molecule has 5 heteroatoms. The van der Waals surface area contributed by atoms with Gasteiger partial charge in [-0.2, -0.15) is 0 Å². The van der Waals surface area contributed by atoms with Gasteiger partial charge in [0.2, 0.25) is 0 Å². The van der Waals surface area contributed by atoms with E-state index >= 15 is 0 Å². The molecule has 102 valence electrons. The van der Waals surface area contributed by atoms with Crippen molar-refractivity contribution in [3.8, 4) is 11.3 Å². The van der Waals surface area contributed by atoms with Gasteiger partial charge < -0.3 is 5.73 Å². The number of anilines is 1. The standard InChI is InChI=1S/C15H13Br2N3/c1-8-3-4-10(12(17)7-8)14-15(18)20-9(2)11(16)5-6-13(20)19-14/h3-7H,18H2,1-2H3. The van der Waals surface area contributed by atoms with Crippen molar-refractivity contribution in [2.75, 3.05) is 5.73 Å². The van der Waals surface area contributed by atoms with Gasteiger partial charge in [-0.05, 0) is 53.5 Å². The maximum absolute atomic E-state index is 6.31. The van der Waals surface area contributed by atoms with E-state index in [1.165, 1.54) is 5.56 Å². The van der Waals surface area contributed by atoms with Gasteiger partial charge >= 0.3 is 0 Å². The molecule has 0 saturated heterocycles. The topological polar surface area (TPSA) is 43.3 Å². The van der Waals surface area contributed by atoms with Gasteiger partial charge in [0, 0.05) is 20.2 Å². The van der Waals surface area contributed by atoms with E-state index in [1.807, 2.05) is 29.5 Å². The second-order valence-electron chi connectivity index (χ2n) is 4.79. The zero-order valence-electron chi connectivity index (χ0n) is 11.1. The quantitative estimate of drug-likeness (QED) is 0.648. The highest BCUT2D eigenvalue weighted by Gasteiger charge is 2.15. The van der Waals surface area contributed by atoms with Crippen LogP contribution in [0.5, 0.6) is 0 Å². The van der Waals surface area contributed by atoms with Crippen LogP contribution in [-0.2, 0) is 0 Å². The lowest BCUT2D eigenvalue weighted by Gasteiger charge is -2.06. The van der Waals surface area contributed by atoms with Crippen molar-refractivity contribution in [3.63, 3.8) is 0 Å². The van der Waals surface area contributed by atoms with E-state index in [4.69, 9.17) is 5.73 Å². The summed E-state index contributed by atoms with van der Waals surface area (Å²) in [6.45, 7) is 4.08. The van der Waals surface area contributed by atoms with E-state index in [9.17, 15) is 0 Å². The van der Waals surface area contributed by atoms with E-state index < -0.39 is 0 Å². The van der Waals surface area contributed by atoms with Gasteiger partial charge in [0.15, 0.2) is 0 Å². The maximum atomic E-state index is 6.31. The maximum Gasteiger partial charge on any atom is 0.139 e. The summed E-state index contributed by atoms with van der Waals surface area (Å²) < 4.78 is 3.99. The van der Waals surface area contributed by atoms with E-state index in [1.54, 1.807) is 0 Å². The Bertz CT molecular complexity index is 822. The smallest absolute Gasteiger partial charge is 0.139 e. The van der Waals surface area contributed by atoms with E-state index in [-0.39, 0.29) is 0 Å². The minimum atomic E-state index is 0.656. The van der Waals surface area contributed by atoms with Gasteiger partial charge in [-0.3, -0.25) is 4.40 Å².